The summed E-state index contributed by atoms with van der Waals surface area (Å²) in [7, 11) is 0. The minimum atomic E-state index is -1.53. The maximum atomic E-state index is 13.3. The summed E-state index contributed by atoms with van der Waals surface area (Å²) in [6, 6.07) is 6.86. The highest BCUT2D eigenvalue weighted by Gasteiger charge is 2.30. The summed E-state index contributed by atoms with van der Waals surface area (Å²) in [5.74, 6) is 6.36. The molecule has 1 fully saturated rings. The standard InChI is InChI=1S/C27H29N5O6/c1-16-13-21(31-38-16)27(2,35)8-5-17-3-4-20-19(14-17)25-30-22(24(28)33)23(32(25)9-12-37-20)26(34)29-15-18-6-10-36-11-7-18/h3-4,13-14,18,35H,6-7,9-12,15H2,1-2H3,(H2,28,33)(H,29,34). The van der Waals surface area contributed by atoms with Crippen molar-refractivity contribution in [2.24, 2.45) is 11.7 Å². The van der Waals surface area contributed by atoms with Crippen molar-refractivity contribution in [2.75, 3.05) is 26.4 Å². The van der Waals surface area contributed by atoms with Crippen LogP contribution >= 0.6 is 0 Å². The van der Waals surface area contributed by atoms with Crippen LogP contribution in [0.1, 0.15) is 57.8 Å². The molecule has 38 heavy (non-hydrogen) atoms. The summed E-state index contributed by atoms with van der Waals surface area (Å²) in [4.78, 5) is 30.1. The number of nitrogens with one attached hydrogen (secondary N) is 1. The van der Waals surface area contributed by atoms with Crippen LogP contribution in [0.15, 0.2) is 28.8 Å². The van der Waals surface area contributed by atoms with Crippen molar-refractivity contribution >= 4 is 11.8 Å². The van der Waals surface area contributed by atoms with E-state index in [2.05, 4.69) is 27.3 Å². The minimum absolute atomic E-state index is 0.0989. The first-order valence-corrected chi connectivity index (χ1v) is 12.5. The largest absolute Gasteiger partial charge is 0.491 e. The van der Waals surface area contributed by atoms with Gasteiger partial charge in [-0.1, -0.05) is 17.0 Å². The van der Waals surface area contributed by atoms with E-state index in [0.717, 1.165) is 12.8 Å². The van der Waals surface area contributed by atoms with Gasteiger partial charge in [0.25, 0.3) is 11.8 Å². The summed E-state index contributed by atoms with van der Waals surface area (Å²) in [6.45, 7) is 5.63. The summed E-state index contributed by atoms with van der Waals surface area (Å²) in [6.07, 6.45) is 1.73. The van der Waals surface area contributed by atoms with Gasteiger partial charge in [0.15, 0.2) is 11.3 Å². The number of carbonyl (C=O) groups is 2. The second-order valence-corrected chi connectivity index (χ2v) is 9.62. The van der Waals surface area contributed by atoms with E-state index in [-0.39, 0.29) is 18.0 Å². The molecule has 11 nitrogen and oxygen atoms in total. The van der Waals surface area contributed by atoms with Crippen LogP contribution in [0.4, 0.5) is 0 Å². The van der Waals surface area contributed by atoms with E-state index in [0.29, 0.717) is 66.4 Å². The fourth-order valence-corrected chi connectivity index (χ4v) is 4.56. The van der Waals surface area contributed by atoms with E-state index in [9.17, 15) is 14.7 Å². The topological polar surface area (TPSA) is 155 Å². The van der Waals surface area contributed by atoms with Gasteiger partial charge >= 0.3 is 0 Å². The summed E-state index contributed by atoms with van der Waals surface area (Å²) < 4.78 is 18.0. The molecule has 1 unspecified atom stereocenters. The molecule has 4 N–H and O–H groups in total. The Bertz CT molecular complexity index is 1440. The molecule has 0 radical (unpaired) electrons. The van der Waals surface area contributed by atoms with Crippen LogP contribution in [0.5, 0.6) is 5.75 Å². The normalized spacial score (nSPS) is 16.6. The van der Waals surface area contributed by atoms with E-state index in [1.54, 1.807) is 35.8 Å². The van der Waals surface area contributed by atoms with Gasteiger partial charge in [-0.05, 0) is 50.8 Å². The molecule has 3 aromatic rings. The second-order valence-electron chi connectivity index (χ2n) is 9.62. The number of imidazole rings is 1. The van der Waals surface area contributed by atoms with Gasteiger partial charge in [-0.2, -0.15) is 0 Å². The van der Waals surface area contributed by atoms with Crippen molar-refractivity contribution in [3.63, 3.8) is 0 Å². The lowest BCUT2D eigenvalue weighted by Gasteiger charge is -2.22. The number of aromatic nitrogens is 3. The highest BCUT2D eigenvalue weighted by molar-refractivity contribution is 6.05. The zero-order chi connectivity index (χ0) is 26.9. The molecule has 1 aromatic carbocycles. The molecule has 0 aliphatic carbocycles. The van der Waals surface area contributed by atoms with Crippen LogP contribution < -0.4 is 15.8 Å². The molecule has 2 aliphatic heterocycles. The molecule has 2 aromatic heterocycles. The van der Waals surface area contributed by atoms with Crippen LogP contribution in [-0.2, 0) is 16.9 Å². The maximum absolute atomic E-state index is 13.3. The van der Waals surface area contributed by atoms with Gasteiger partial charge in [-0.15, -0.1) is 0 Å². The van der Waals surface area contributed by atoms with Crippen LogP contribution in [0.3, 0.4) is 0 Å². The first-order valence-electron chi connectivity index (χ1n) is 12.5. The predicted molar refractivity (Wildman–Crippen MR) is 135 cm³/mol. The van der Waals surface area contributed by atoms with Crippen molar-refractivity contribution in [1.29, 1.82) is 0 Å². The number of carbonyl (C=O) groups excluding carboxylic acids is 2. The SMILES string of the molecule is Cc1cc(C(C)(O)C#Cc2ccc3c(c2)-c2nc(C(N)=O)c(C(=O)NCC4CCOCC4)n2CCO3)no1. The molecular weight excluding hydrogens is 490 g/mol. The molecule has 11 heteroatoms. The molecule has 198 valence electrons. The summed E-state index contributed by atoms with van der Waals surface area (Å²) in [5, 5.41) is 17.6. The molecule has 5 rings (SSSR count). The number of amides is 2. The highest BCUT2D eigenvalue weighted by atomic mass is 16.5. The predicted octanol–water partition coefficient (Wildman–Crippen LogP) is 1.75. The van der Waals surface area contributed by atoms with Crippen LogP contribution in [-0.4, -0.2) is 58.0 Å². The maximum Gasteiger partial charge on any atom is 0.270 e. The quantitative estimate of drug-likeness (QED) is 0.431. The second kappa shape index (κ2) is 10.3. The number of aliphatic hydroxyl groups is 1. The highest BCUT2D eigenvalue weighted by Crippen LogP contribution is 2.34. The van der Waals surface area contributed by atoms with Crippen molar-refractivity contribution in [1.82, 2.24) is 20.0 Å². The fourth-order valence-electron chi connectivity index (χ4n) is 4.56. The Labute approximate surface area is 219 Å². The van der Waals surface area contributed by atoms with E-state index in [1.807, 2.05) is 0 Å². The lowest BCUT2D eigenvalue weighted by atomic mass is 10.0. The van der Waals surface area contributed by atoms with Crippen molar-refractivity contribution < 1.29 is 28.7 Å². The Hall–Kier alpha value is -4.14. The number of ether oxygens (including phenoxy) is 2. The lowest BCUT2D eigenvalue weighted by Crippen LogP contribution is -2.34. The zero-order valence-corrected chi connectivity index (χ0v) is 21.2. The van der Waals surface area contributed by atoms with E-state index >= 15 is 0 Å². The molecule has 2 amide bonds. The Morgan fingerprint density at radius 2 is 2.05 bits per heavy atom. The van der Waals surface area contributed by atoms with Crippen LogP contribution in [0, 0.1) is 24.7 Å². The van der Waals surface area contributed by atoms with Crippen molar-refractivity contribution in [3.8, 4) is 29.0 Å². The third-order valence-corrected chi connectivity index (χ3v) is 6.68. The number of aryl methyl sites for hydroxylation is 1. The van der Waals surface area contributed by atoms with Crippen LogP contribution in [0.2, 0.25) is 0 Å². The Morgan fingerprint density at radius 1 is 1.26 bits per heavy atom. The van der Waals surface area contributed by atoms with Crippen LogP contribution in [0.25, 0.3) is 11.4 Å². The lowest BCUT2D eigenvalue weighted by molar-refractivity contribution is 0.0641. The third-order valence-electron chi connectivity index (χ3n) is 6.68. The monoisotopic (exact) mass is 519 g/mol. The number of nitrogens with two attached hydrogens (primary N) is 1. The Balaban J connectivity index is 1.48. The van der Waals surface area contributed by atoms with Crippen molar-refractivity contribution in [3.05, 3.63) is 52.7 Å². The number of nitrogens with zero attached hydrogens (tertiary/aromatic N) is 3. The van der Waals surface area contributed by atoms with E-state index in [1.165, 1.54) is 6.92 Å². The number of benzene rings is 1. The molecular formula is C27H29N5O6. The Kier molecular flexibility index (Phi) is 6.93. The van der Waals surface area contributed by atoms with Gasteiger partial charge in [-0.25, -0.2) is 4.98 Å². The number of hydrogen-bond donors (Lipinski definition) is 3. The number of fused-ring (bicyclic) bond motifs is 3. The first kappa shape index (κ1) is 25.5. The zero-order valence-electron chi connectivity index (χ0n) is 21.2. The van der Waals surface area contributed by atoms with Gasteiger partial charge in [0.05, 0.1) is 12.1 Å². The van der Waals surface area contributed by atoms with Gasteiger partial charge in [0, 0.05) is 31.4 Å². The van der Waals surface area contributed by atoms with Gasteiger partial charge in [0.2, 0.25) is 0 Å². The third kappa shape index (κ3) is 5.14. The molecule has 0 saturated carbocycles. The molecule has 1 saturated heterocycles. The summed E-state index contributed by atoms with van der Waals surface area (Å²) in [5.41, 5.74) is 5.54. The molecule has 4 heterocycles. The summed E-state index contributed by atoms with van der Waals surface area (Å²) >= 11 is 0. The smallest absolute Gasteiger partial charge is 0.270 e. The molecule has 0 spiro atoms. The number of rotatable bonds is 5. The van der Waals surface area contributed by atoms with E-state index < -0.39 is 17.4 Å². The van der Waals surface area contributed by atoms with Crippen molar-refractivity contribution in [2.45, 2.75) is 38.8 Å². The van der Waals surface area contributed by atoms with Gasteiger partial charge in [-0.3, -0.25) is 9.59 Å². The van der Waals surface area contributed by atoms with Gasteiger partial charge < -0.3 is 34.7 Å². The average Bonchev–Trinajstić information content (AvgIpc) is 3.47. The molecule has 2 aliphatic rings. The first-order chi connectivity index (χ1) is 18.2. The fraction of sp³-hybridized carbons (Fsp3) is 0.407. The number of hydrogen-bond acceptors (Lipinski definition) is 8. The van der Waals surface area contributed by atoms with Gasteiger partial charge in [0.1, 0.15) is 35.3 Å². The average molecular weight is 520 g/mol. The minimum Gasteiger partial charge on any atom is -0.491 e. The van der Waals surface area contributed by atoms with E-state index in [4.69, 9.17) is 19.7 Å². The number of primary amides is 1. The molecule has 1 atom stereocenters. The molecule has 0 bridgehead atoms. The Morgan fingerprint density at radius 3 is 2.76 bits per heavy atom.